The predicted octanol–water partition coefficient (Wildman–Crippen LogP) is 3.56. The highest BCUT2D eigenvalue weighted by molar-refractivity contribution is 6.36. The van der Waals surface area contributed by atoms with Crippen LogP contribution in [0.4, 0.5) is 4.39 Å². The molecule has 0 saturated carbocycles. The topological polar surface area (TPSA) is 74.2 Å². The highest BCUT2D eigenvalue weighted by Crippen LogP contribution is 2.34. The molecule has 162 valence electrons. The van der Waals surface area contributed by atoms with E-state index in [-0.39, 0.29) is 45.3 Å². The van der Waals surface area contributed by atoms with Gasteiger partial charge in [-0.1, -0.05) is 17.7 Å². The van der Waals surface area contributed by atoms with Crippen molar-refractivity contribution >= 4 is 39.9 Å². The van der Waals surface area contributed by atoms with Gasteiger partial charge in [0.2, 0.25) is 5.91 Å². The molecule has 4 rings (SSSR count). The number of fused-ring (bicyclic) bond motifs is 1. The predicted molar refractivity (Wildman–Crippen MR) is 117 cm³/mol. The van der Waals surface area contributed by atoms with Crippen LogP contribution in [0.15, 0.2) is 36.7 Å². The van der Waals surface area contributed by atoms with Crippen LogP contribution in [-0.2, 0) is 11.3 Å². The highest BCUT2D eigenvalue weighted by atomic mass is 35.5. The van der Waals surface area contributed by atoms with Crippen LogP contribution in [0.2, 0.25) is 5.02 Å². The first-order chi connectivity index (χ1) is 17.3. The molecule has 1 N–H and O–H groups in total. The van der Waals surface area contributed by atoms with E-state index in [4.69, 9.17) is 19.8 Å². The Balaban J connectivity index is 1.61. The molecule has 0 saturated heterocycles. The number of rotatable bonds is 5. The standard InChI is InChI=1S/C22H23ClFN5O2/c1-27(2)22(31)18-12-16-17(23)11-15(20(24)21(16)26-18)14-5-3-8-28(13-14)19(30)6-10-29-9-4-7-25-29/h4-5,7,9,11-12,26H,3,6,8,10,13H2,1-2H3/i1D3,2D3. The molecule has 0 bridgehead atoms. The minimum absolute atomic E-state index is 0.0686. The van der Waals surface area contributed by atoms with Gasteiger partial charge in [-0.25, -0.2) is 4.39 Å². The molecule has 0 aliphatic carbocycles. The lowest BCUT2D eigenvalue weighted by Crippen LogP contribution is -2.36. The van der Waals surface area contributed by atoms with Crippen molar-refractivity contribution < 1.29 is 22.2 Å². The van der Waals surface area contributed by atoms with Gasteiger partial charge in [-0.05, 0) is 30.2 Å². The van der Waals surface area contributed by atoms with Crippen LogP contribution in [0.1, 0.15) is 37.1 Å². The van der Waals surface area contributed by atoms with E-state index in [1.165, 1.54) is 6.07 Å². The first kappa shape index (κ1) is 14.8. The van der Waals surface area contributed by atoms with Crippen molar-refractivity contribution in [1.82, 2.24) is 24.6 Å². The van der Waals surface area contributed by atoms with Gasteiger partial charge in [0, 0.05) is 71.6 Å². The zero-order valence-corrected chi connectivity index (χ0v) is 17.1. The molecule has 3 aromatic rings. The lowest BCUT2D eigenvalue weighted by molar-refractivity contribution is -0.131. The monoisotopic (exact) mass is 449 g/mol. The van der Waals surface area contributed by atoms with E-state index in [0.717, 1.165) is 6.07 Å². The van der Waals surface area contributed by atoms with E-state index in [0.29, 0.717) is 25.1 Å². The number of amides is 2. The average Bonchev–Trinajstić information content (AvgIpc) is 3.48. The van der Waals surface area contributed by atoms with Crippen molar-refractivity contribution in [2.45, 2.75) is 19.4 Å². The van der Waals surface area contributed by atoms with Gasteiger partial charge in [0.1, 0.15) is 5.69 Å². The summed E-state index contributed by atoms with van der Waals surface area (Å²) in [5, 5.41) is 4.23. The van der Waals surface area contributed by atoms with Gasteiger partial charge in [-0.15, -0.1) is 0 Å². The number of aromatic amines is 1. The molecule has 1 aromatic carbocycles. The second kappa shape index (κ2) is 8.55. The lowest BCUT2D eigenvalue weighted by Gasteiger charge is -2.28. The van der Waals surface area contributed by atoms with Crippen molar-refractivity contribution in [1.29, 1.82) is 0 Å². The third-order valence-corrected chi connectivity index (χ3v) is 5.51. The fraction of sp³-hybridized carbons (Fsp3) is 0.318. The summed E-state index contributed by atoms with van der Waals surface area (Å²) in [7, 11) is 0. The Morgan fingerprint density at radius 1 is 1.39 bits per heavy atom. The van der Waals surface area contributed by atoms with Crippen LogP contribution in [0, 0.1) is 5.82 Å². The summed E-state index contributed by atoms with van der Waals surface area (Å²) in [4.78, 5) is 29.5. The number of carbonyl (C=O) groups excluding carboxylic acids is 2. The van der Waals surface area contributed by atoms with Gasteiger partial charge in [0.15, 0.2) is 5.82 Å². The van der Waals surface area contributed by atoms with Crippen LogP contribution < -0.4 is 0 Å². The largest absolute Gasteiger partial charge is 0.348 e. The van der Waals surface area contributed by atoms with E-state index < -0.39 is 31.4 Å². The van der Waals surface area contributed by atoms with Crippen molar-refractivity contribution in [3.8, 4) is 0 Å². The third-order valence-electron chi connectivity index (χ3n) is 5.20. The van der Waals surface area contributed by atoms with Gasteiger partial charge in [0.05, 0.1) is 10.5 Å². The summed E-state index contributed by atoms with van der Waals surface area (Å²) in [6.07, 6.45) is 5.91. The van der Waals surface area contributed by atoms with Crippen LogP contribution in [0.5, 0.6) is 0 Å². The van der Waals surface area contributed by atoms with Crippen LogP contribution in [0.25, 0.3) is 16.5 Å². The van der Waals surface area contributed by atoms with Gasteiger partial charge < -0.3 is 14.8 Å². The van der Waals surface area contributed by atoms with Crippen LogP contribution in [0.3, 0.4) is 0 Å². The Labute approximate surface area is 192 Å². The lowest BCUT2D eigenvalue weighted by atomic mass is 9.99. The van der Waals surface area contributed by atoms with E-state index in [1.807, 2.05) is 0 Å². The molecule has 0 unspecified atom stereocenters. The molecule has 0 spiro atoms. The summed E-state index contributed by atoms with van der Waals surface area (Å²) in [5.41, 5.74) is 0.0265. The van der Waals surface area contributed by atoms with Crippen molar-refractivity contribution in [2.75, 3.05) is 27.0 Å². The van der Waals surface area contributed by atoms with Gasteiger partial charge in [0.25, 0.3) is 5.91 Å². The second-order valence-electron chi connectivity index (χ2n) is 7.18. The van der Waals surface area contributed by atoms with Gasteiger partial charge in [-0.3, -0.25) is 14.3 Å². The number of benzene rings is 1. The molecule has 31 heavy (non-hydrogen) atoms. The molecule has 2 aromatic heterocycles. The normalized spacial score (nSPS) is 17.7. The van der Waals surface area contributed by atoms with Crippen LogP contribution in [-0.4, -0.2) is 63.4 Å². The Kier molecular flexibility index (Phi) is 4.08. The van der Waals surface area contributed by atoms with Gasteiger partial charge >= 0.3 is 0 Å². The molecule has 1 aliphatic rings. The molecule has 0 atom stereocenters. The maximum atomic E-state index is 15.6. The maximum Gasteiger partial charge on any atom is 0.269 e. The fourth-order valence-corrected chi connectivity index (χ4v) is 3.90. The minimum Gasteiger partial charge on any atom is -0.348 e. The maximum absolute atomic E-state index is 15.6. The van der Waals surface area contributed by atoms with E-state index in [1.54, 1.807) is 34.1 Å². The summed E-state index contributed by atoms with van der Waals surface area (Å²) in [5.74, 6) is -2.22. The number of aromatic nitrogens is 3. The molecule has 7 nitrogen and oxygen atoms in total. The SMILES string of the molecule is [2H]C([2H])([2H])N(C(=O)c1cc2c(Cl)cc(C3=CCCN(C(=O)CCn4cccn4)C3)c(F)c2[nH]1)C([2H])([2H])[2H]. The molecule has 1 aliphatic heterocycles. The van der Waals surface area contributed by atoms with E-state index >= 15 is 4.39 Å². The molecule has 2 amide bonds. The zero-order chi connectivity index (χ0) is 27.1. The first-order valence-electron chi connectivity index (χ1n) is 12.6. The number of nitrogens with one attached hydrogen (secondary N) is 1. The Morgan fingerprint density at radius 3 is 2.97 bits per heavy atom. The summed E-state index contributed by atoms with van der Waals surface area (Å²) in [6.45, 7) is -5.48. The minimum atomic E-state index is -3.26. The number of carbonyl (C=O) groups is 2. The summed E-state index contributed by atoms with van der Waals surface area (Å²) in [6, 6.07) is 4.26. The Bertz CT molecular complexity index is 1350. The van der Waals surface area contributed by atoms with Crippen LogP contribution >= 0.6 is 11.6 Å². The molecular formula is C22H23ClFN5O2. The number of nitrogens with zero attached hydrogens (tertiary/aromatic N) is 4. The number of aryl methyl sites for hydroxylation is 1. The first-order valence-corrected chi connectivity index (χ1v) is 9.95. The summed E-state index contributed by atoms with van der Waals surface area (Å²) >= 11 is 6.39. The average molecular weight is 450 g/mol. The fourth-order valence-electron chi connectivity index (χ4n) is 3.64. The van der Waals surface area contributed by atoms with E-state index in [9.17, 15) is 9.59 Å². The smallest absolute Gasteiger partial charge is 0.269 e. The van der Waals surface area contributed by atoms with Gasteiger partial charge in [-0.2, -0.15) is 5.10 Å². The number of halogens is 2. The molecule has 3 heterocycles. The third kappa shape index (κ3) is 4.20. The molecule has 0 radical (unpaired) electrons. The molecule has 0 fully saturated rings. The second-order valence-corrected chi connectivity index (χ2v) is 7.59. The zero-order valence-electron chi connectivity index (χ0n) is 22.4. The van der Waals surface area contributed by atoms with Crippen molar-refractivity contribution in [3.63, 3.8) is 0 Å². The highest BCUT2D eigenvalue weighted by Gasteiger charge is 2.24. The van der Waals surface area contributed by atoms with Crippen molar-refractivity contribution in [3.05, 3.63) is 58.8 Å². The Hall–Kier alpha value is -3.13. The molecular weight excluding hydrogens is 421 g/mol. The number of hydrogen-bond donors (Lipinski definition) is 1. The quantitative estimate of drug-likeness (QED) is 0.647. The van der Waals surface area contributed by atoms with Crippen molar-refractivity contribution in [2.24, 2.45) is 0 Å². The Morgan fingerprint density at radius 2 is 2.23 bits per heavy atom. The van der Waals surface area contributed by atoms with E-state index in [2.05, 4.69) is 10.1 Å². The number of H-pyrrole nitrogens is 1. The summed E-state index contributed by atoms with van der Waals surface area (Å²) < 4.78 is 62.0. The molecule has 9 heteroatoms. The number of hydrogen-bond acceptors (Lipinski definition) is 3.